The summed E-state index contributed by atoms with van der Waals surface area (Å²) in [6.07, 6.45) is 2.40. The third-order valence-corrected chi connectivity index (χ3v) is 5.57. The van der Waals surface area contributed by atoms with Crippen molar-refractivity contribution in [1.29, 1.82) is 0 Å². The number of carbonyl (C=O) groups is 1. The maximum absolute atomic E-state index is 10.8. The molecule has 0 unspecified atom stereocenters. The molecule has 0 spiro atoms. The van der Waals surface area contributed by atoms with Crippen molar-refractivity contribution >= 4 is 22.6 Å². The van der Waals surface area contributed by atoms with Gasteiger partial charge in [0.1, 0.15) is 12.1 Å². The second kappa shape index (κ2) is 10.7. The van der Waals surface area contributed by atoms with Gasteiger partial charge in [0.2, 0.25) is 0 Å². The number of nitrogens with one attached hydrogen (secondary N) is 1. The van der Waals surface area contributed by atoms with Gasteiger partial charge in [0.25, 0.3) is 0 Å². The Bertz CT molecular complexity index is 1310. The maximum Gasteiger partial charge on any atom is 0.341 e. The molecule has 34 heavy (non-hydrogen) atoms. The van der Waals surface area contributed by atoms with Crippen LogP contribution in [0.15, 0.2) is 67.0 Å². The Hall–Kier alpha value is -4.13. The number of hydrogen-bond donors (Lipinski definition) is 2. The number of carboxylic acid groups (broad SMARTS) is 1. The van der Waals surface area contributed by atoms with Gasteiger partial charge < -0.3 is 19.9 Å². The average Bonchev–Trinajstić information content (AvgIpc) is 2.85. The van der Waals surface area contributed by atoms with Crippen LogP contribution in [-0.2, 0) is 11.2 Å². The maximum atomic E-state index is 10.8. The van der Waals surface area contributed by atoms with Gasteiger partial charge in [0.05, 0.1) is 12.3 Å². The summed E-state index contributed by atoms with van der Waals surface area (Å²) < 4.78 is 11.0. The van der Waals surface area contributed by atoms with E-state index in [0.29, 0.717) is 18.1 Å². The van der Waals surface area contributed by atoms with Crippen LogP contribution in [0.25, 0.3) is 22.0 Å². The first-order valence-corrected chi connectivity index (χ1v) is 11.2. The van der Waals surface area contributed by atoms with Gasteiger partial charge in [-0.05, 0) is 60.4 Å². The van der Waals surface area contributed by atoms with Crippen LogP contribution in [0.1, 0.15) is 18.1 Å². The van der Waals surface area contributed by atoms with Crippen LogP contribution >= 0.6 is 0 Å². The lowest BCUT2D eigenvalue weighted by Gasteiger charge is -2.13. The minimum atomic E-state index is -1.04. The predicted octanol–water partition coefficient (Wildman–Crippen LogP) is 5.12. The van der Waals surface area contributed by atoms with Crippen molar-refractivity contribution < 1.29 is 19.4 Å². The van der Waals surface area contributed by atoms with E-state index in [4.69, 9.17) is 14.6 Å². The van der Waals surface area contributed by atoms with Crippen molar-refractivity contribution in [2.24, 2.45) is 0 Å². The van der Waals surface area contributed by atoms with Crippen LogP contribution < -0.4 is 14.8 Å². The van der Waals surface area contributed by atoms with Crippen molar-refractivity contribution in [3.8, 4) is 22.8 Å². The number of aromatic nitrogens is 2. The summed E-state index contributed by atoms with van der Waals surface area (Å²) in [6.45, 7) is 4.76. The molecule has 0 saturated carbocycles. The van der Waals surface area contributed by atoms with E-state index in [1.54, 1.807) is 12.1 Å². The van der Waals surface area contributed by atoms with Crippen molar-refractivity contribution in [1.82, 2.24) is 9.97 Å². The Balaban J connectivity index is 1.46. The molecule has 7 heteroatoms. The molecule has 2 N–H and O–H groups in total. The quantitative estimate of drug-likeness (QED) is 0.341. The first kappa shape index (κ1) is 23.0. The van der Waals surface area contributed by atoms with Crippen molar-refractivity contribution in [3.63, 3.8) is 0 Å². The number of carboxylic acids is 1. The number of ether oxygens (including phenoxy) is 2. The number of rotatable bonds is 10. The van der Waals surface area contributed by atoms with Crippen LogP contribution in [0.4, 0.5) is 5.82 Å². The van der Waals surface area contributed by atoms with Crippen molar-refractivity contribution in [2.45, 2.75) is 20.3 Å². The zero-order valence-corrected chi connectivity index (χ0v) is 19.2. The normalized spacial score (nSPS) is 10.8. The average molecular weight is 458 g/mol. The van der Waals surface area contributed by atoms with Gasteiger partial charge in [-0.2, -0.15) is 0 Å². The van der Waals surface area contributed by atoms with Gasteiger partial charge >= 0.3 is 5.97 Å². The molecule has 0 saturated heterocycles. The smallest absolute Gasteiger partial charge is 0.341 e. The lowest BCUT2D eigenvalue weighted by molar-refractivity contribution is -0.139. The number of aliphatic carboxylic acids is 1. The standard InChI is InChI=1S/C27H27N3O4/c1-3-33-25-14-21(10-11-24(25)34-16-27(31)32)23-15-26(30-17-29-23)28-13-12-19-8-9-20-6-4-5-7-22(20)18(19)2/h4-11,14-15,17H,3,12-13,16H2,1-2H3,(H,31,32)(H,28,29,30). The van der Waals surface area contributed by atoms with Crippen LogP contribution in [0.5, 0.6) is 11.5 Å². The molecule has 0 bridgehead atoms. The predicted molar refractivity (Wildman–Crippen MR) is 133 cm³/mol. The summed E-state index contributed by atoms with van der Waals surface area (Å²) in [7, 11) is 0. The second-order valence-corrected chi connectivity index (χ2v) is 7.81. The monoisotopic (exact) mass is 457 g/mol. The van der Waals surface area contributed by atoms with Gasteiger partial charge in [-0.15, -0.1) is 0 Å². The Labute approximate surface area is 198 Å². The Morgan fingerprint density at radius 3 is 2.68 bits per heavy atom. The van der Waals surface area contributed by atoms with E-state index in [1.165, 1.54) is 28.2 Å². The molecule has 0 atom stereocenters. The third kappa shape index (κ3) is 5.43. The van der Waals surface area contributed by atoms with E-state index in [1.807, 2.05) is 19.1 Å². The fraction of sp³-hybridized carbons (Fsp3) is 0.222. The van der Waals surface area contributed by atoms with Gasteiger partial charge in [-0.3, -0.25) is 0 Å². The summed E-state index contributed by atoms with van der Waals surface area (Å²) in [4.78, 5) is 19.6. The number of fused-ring (bicyclic) bond motifs is 1. The van der Waals surface area contributed by atoms with Gasteiger partial charge in [-0.1, -0.05) is 36.4 Å². The molecule has 7 nitrogen and oxygen atoms in total. The fourth-order valence-electron chi connectivity index (χ4n) is 3.87. The SMILES string of the molecule is CCOc1cc(-c2cc(NCCc3ccc4ccccc4c3C)ncn2)ccc1OCC(=O)O. The zero-order chi connectivity index (χ0) is 23.9. The zero-order valence-electron chi connectivity index (χ0n) is 19.2. The lowest BCUT2D eigenvalue weighted by atomic mass is 9.98. The van der Waals surface area contributed by atoms with Crippen LogP contribution in [-0.4, -0.2) is 40.8 Å². The van der Waals surface area contributed by atoms with Crippen molar-refractivity contribution in [3.05, 3.63) is 78.1 Å². The lowest BCUT2D eigenvalue weighted by Crippen LogP contribution is -2.10. The van der Waals surface area contributed by atoms with E-state index < -0.39 is 12.6 Å². The van der Waals surface area contributed by atoms with Crippen molar-refractivity contribution in [2.75, 3.05) is 25.1 Å². The largest absolute Gasteiger partial charge is 0.490 e. The molecule has 174 valence electrons. The van der Waals surface area contributed by atoms with E-state index in [0.717, 1.165) is 30.0 Å². The van der Waals surface area contributed by atoms with E-state index in [2.05, 4.69) is 58.6 Å². The second-order valence-electron chi connectivity index (χ2n) is 7.81. The van der Waals surface area contributed by atoms with E-state index in [9.17, 15) is 4.79 Å². The summed E-state index contributed by atoms with van der Waals surface area (Å²) in [5.74, 6) is 0.539. The molecule has 0 aliphatic rings. The first-order chi connectivity index (χ1) is 16.5. The highest BCUT2D eigenvalue weighted by Crippen LogP contribution is 2.32. The molecule has 4 aromatic rings. The molecule has 0 aliphatic heterocycles. The Morgan fingerprint density at radius 1 is 1.00 bits per heavy atom. The molecule has 1 heterocycles. The first-order valence-electron chi connectivity index (χ1n) is 11.2. The molecule has 0 aliphatic carbocycles. The molecule has 0 fully saturated rings. The van der Waals surface area contributed by atoms with Crippen LogP contribution in [0, 0.1) is 6.92 Å². The summed E-state index contributed by atoms with van der Waals surface area (Å²) in [6, 6.07) is 20.0. The number of nitrogens with zero attached hydrogens (tertiary/aromatic N) is 2. The molecule has 1 aromatic heterocycles. The topological polar surface area (TPSA) is 93.6 Å². The summed E-state index contributed by atoms with van der Waals surface area (Å²) in [5, 5.41) is 14.8. The molecular weight excluding hydrogens is 430 g/mol. The Morgan fingerprint density at radius 2 is 1.85 bits per heavy atom. The van der Waals surface area contributed by atoms with E-state index >= 15 is 0 Å². The van der Waals surface area contributed by atoms with E-state index in [-0.39, 0.29) is 0 Å². The van der Waals surface area contributed by atoms with Crippen LogP contribution in [0.3, 0.4) is 0 Å². The minimum Gasteiger partial charge on any atom is -0.490 e. The van der Waals surface area contributed by atoms with Gasteiger partial charge in [-0.25, -0.2) is 14.8 Å². The highest BCUT2D eigenvalue weighted by atomic mass is 16.5. The number of anilines is 1. The highest BCUT2D eigenvalue weighted by molar-refractivity contribution is 5.86. The molecule has 3 aromatic carbocycles. The number of hydrogen-bond acceptors (Lipinski definition) is 6. The summed E-state index contributed by atoms with van der Waals surface area (Å²) in [5.41, 5.74) is 4.16. The molecule has 0 radical (unpaired) electrons. The third-order valence-electron chi connectivity index (χ3n) is 5.57. The molecule has 4 rings (SSSR count). The highest BCUT2D eigenvalue weighted by Gasteiger charge is 2.11. The van der Waals surface area contributed by atoms with Gasteiger partial charge in [0, 0.05) is 18.2 Å². The van der Waals surface area contributed by atoms with Gasteiger partial charge in [0.15, 0.2) is 18.1 Å². The number of benzene rings is 3. The molecular formula is C27H27N3O4. The molecule has 0 amide bonds. The van der Waals surface area contributed by atoms with Crippen LogP contribution in [0.2, 0.25) is 0 Å². The fourth-order valence-corrected chi connectivity index (χ4v) is 3.87. The summed E-state index contributed by atoms with van der Waals surface area (Å²) >= 11 is 0. The number of aryl methyl sites for hydroxylation is 1. The Kier molecular flexibility index (Phi) is 7.22. The minimum absolute atomic E-state index is 0.381.